The van der Waals surface area contributed by atoms with Crippen molar-refractivity contribution in [3.05, 3.63) is 20.3 Å². The van der Waals surface area contributed by atoms with Gasteiger partial charge in [0.25, 0.3) is 0 Å². The molecular formula is C16H23N3S2. The summed E-state index contributed by atoms with van der Waals surface area (Å²) in [6.45, 7) is 6.44. The van der Waals surface area contributed by atoms with Gasteiger partial charge in [0.2, 0.25) is 0 Å². The van der Waals surface area contributed by atoms with Crippen LogP contribution >= 0.6 is 22.7 Å². The van der Waals surface area contributed by atoms with Gasteiger partial charge in [0.05, 0.1) is 10.5 Å². The topological polar surface area (TPSA) is 51.8 Å². The van der Waals surface area contributed by atoms with Crippen molar-refractivity contribution in [3.63, 3.8) is 0 Å². The van der Waals surface area contributed by atoms with Crippen LogP contribution in [0.3, 0.4) is 0 Å². The fraction of sp³-hybridized carbons (Fsp3) is 0.625. The molecule has 2 aromatic rings. The predicted octanol–water partition coefficient (Wildman–Crippen LogP) is 4.64. The molecule has 5 heteroatoms. The van der Waals surface area contributed by atoms with Gasteiger partial charge in [0, 0.05) is 10.3 Å². The summed E-state index contributed by atoms with van der Waals surface area (Å²) >= 11 is 3.44. The Hall–Kier alpha value is -0.780. The van der Waals surface area contributed by atoms with Crippen LogP contribution in [0, 0.1) is 19.8 Å². The van der Waals surface area contributed by atoms with E-state index in [2.05, 4.69) is 24.2 Å². The van der Waals surface area contributed by atoms with E-state index in [1.54, 1.807) is 22.7 Å². The monoisotopic (exact) mass is 321 g/mol. The number of nitrogens with two attached hydrogens (primary N) is 1. The lowest BCUT2D eigenvalue weighted by Crippen LogP contribution is -2.40. The number of hydrogen-bond donors (Lipinski definition) is 1. The van der Waals surface area contributed by atoms with Crippen molar-refractivity contribution in [1.29, 1.82) is 0 Å². The maximum absolute atomic E-state index is 6.66. The zero-order chi connectivity index (χ0) is 15.0. The first kappa shape index (κ1) is 15.1. The van der Waals surface area contributed by atoms with Gasteiger partial charge < -0.3 is 5.73 Å². The second-order valence-corrected chi connectivity index (χ2v) is 8.45. The van der Waals surface area contributed by atoms with Crippen molar-refractivity contribution in [2.45, 2.75) is 58.4 Å². The zero-order valence-electron chi connectivity index (χ0n) is 13.0. The lowest BCUT2D eigenvalue weighted by Gasteiger charge is -2.35. The number of nitrogens with zero attached hydrogens (tertiary/aromatic N) is 2. The van der Waals surface area contributed by atoms with Crippen LogP contribution in [0.15, 0.2) is 5.38 Å². The van der Waals surface area contributed by atoms with E-state index in [4.69, 9.17) is 10.7 Å². The van der Waals surface area contributed by atoms with Gasteiger partial charge in [-0.15, -0.1) is 22.7 Å². The molecule has 1 fully saturated rings. The van der Waals surface area contributed by atoms with Crippen LogP contribution in [-0.4, -0.2) is 9.97 Å². The summed E-state index contributed by atoms with van der Waals surface area (Å²) in [6, 6.07) is 0. The van der Waals surface area contributed by atoms with E-state index in [0.29, 0.717) is 0 Å². The number of rotatable bonds is 3. The van der Waals surface area contributed by atoms with E-state index in [1.165, 1.54) is 24.1 Å². The first-order valence-corrected chi connectivity index (χ1v) is 9.40. The molecule has 0 aliphatic heterocycles. The molecule has 0 amide bonds. The van der Waals surface area contributed by atoms with Crippen molar-refractivity contribution in [3.8, 4) is 11.4 Å². The number of hydrogen-bond acceptors (Lipinski definition) is 5. The summed E-state index contributed by atoms with van der Waals surface area (Å²) in [7, 11) is 0. The van der Waals surface area contributed by atoms with Gasteiger partial charge in [-0.3, -0.25) is 0 Å². The van der Waals surface area contributed by atoms with E-state index in [1.807, 2.05) is 6.92 Å². The summed E-state index contributed by atoms with van der Waals surface area (Å²) in [5.74, 6) is 0.851. The van der Waals surface area contributed by atoms with Crippen LogP contribution in [0.2, 0.25) is 0 Å². The Morgan fingerprint density at radius 2 is 2.00 bits per heavy atom. The number of aryl methyl sites for hydroxylation is 2. The Morgan fingerprint density at radius 1 is 1.29 bits per heavy atom. The smallest absolute Gasteiger partial charge is 0.113 e. The summed E-state index contributed by atoms with van der Waals surface area (Å²) in [5, 5.41) is 4.32. The molecule has 3 nitrogen and oxygen atoms in total. The van der Waals surface area contributed by atoms with Gasteiger partial charge in [0.1, 0.15) is 16.4 Å². The van der Waals surface area contributed by atoms with Crippen LogP contribution in [0.1, 0.15) is 53.9 Å². The Morgan fingerprint density at radius 3 is 2.57 bits per heavy atom. The van der Waals surface area contributed by atoms with Crippen LogP contribution in [-0.2, 0) is 5.54 Å². The summed E-state index contributed by atoms with van der Waals surface area (Å²) in [5.41, 5.74) is 8.48. The maximum Gasteiger partial charge on any atom is 0.113 e. The Labute approximate surface area is 134 Å². The van der Waals surface area contributed by atoms with E-state index in [9.17, 15) is 0 Å². The Bertz CT molecular complexity index is 621. The fourth-order valence-corrected chi connectivity index (χ4v) is 5.00. The van der Waals surface area contributed by atoms with Crippen LogP contribution in [0.25, 0.3) is 11.4 Å². The van der Waals surface area contributed by atoms with Gasteiger partial charge in [-0.05, 0) is 45.4 Å². The summed E-state index contributed by atoms with van der Waals surface area (Å²) in [6.07, 6.45) is 5.87. The van der Waals surface area contributed by atoms with Crippen molar-refractivity contribution in [1.82, 2.24) is 9.97 Å². The third-order valence-electron chi connectivity index (χ3n) is 4.65. The fourth-order valence-electron chi connectivity index (χ4n) is 3.19. The molecule has 0 spiro atoms. The molecular weight excluding hydrogens is 298 g/mol. The van der Waals surface area contributed by atoms with Crippen LogP contribution < -0.4 is 5.73 Å². The molecule has 1 aliphatic rings. The standard InChI is InChI=1S/C16H23N3S2/c1-4-12-5-7-16(17,8-6-12)15-19-13(9-20-15)14-10(2)21-11(3)18-14/h9,12H,4-8,17H2,1-3H3. The van der Waals surface area contributed by atoms with Gasteiger partial charge in [-0.2, -0.15) is 0 Å². The molecule has 2 heterocycles. The second kappa shape index (κ2) is 5.78. The lowest BCUT2D eigenvalue weighted by atomic mass is 9.76. The maximum atomic E-state index is 6.66. The molecule has 1 saturated carbocycles. The minimum atomic E-state index is -0.215. The van der Waals surface area contributed by atoms with Gasteiger partial charge >= 0.3 is 0 Å². The van der Waals surface area contributed by atoms with Crippen molar-refractivity contribution in [2.75, 3.05) is 0 Å². The molecule has 3 rings (SSSR count). The molecule has 0 aromatic carbocycles. The van der Waals surface area contributed by atoms with E-state index < -0.39 is 0 Å². The third kappa shape index (κ3) is 2.91. The molecule has 1 aliphatic carbocycles. The molecule has 0 bridgehead atoms. The first-order chi connectivity index (χ1) is 10.0. The van der Waals surface area contributed by atoms with E-state index in [0.717, 1.165) is 40.2 Å². The number of aromatic nitrogens is 2. The lowest BCUT2D eigenvalue weighted by molar-refractivity contribution is 0.231. The average molecular weight is 322 g/mol. The average Bonchev–Trinajstić information content (AvgIpc) is 3.06. The zero-order valence-corrected chi connectivity index (χ0v) is 14.6. The molecule has 0 atom stereocenters. The summed E-state index contributed by atoms with van der Waals surface area (Å²) < 4.78 is 0. The van der Waals surface area contributed by atoms with Gasteiger partial charge in [-0.1, -0.05) is 13.3 Å². The minimum Gasteiger partial charge on any atom is -0.319 e. The Kier molecular flexibility index (Phi) is 4.17. The quantitative estimate of drug-likeness (QED) is 0.896. The highest BCUT2D eigenvalue weighted by atomic mass is 32.1. The van der Waals surface area contributed by atoms with E-state index >= 15 is 0 Å². The highest BCUT2D eigenvalue weighted by Gasteiger charge is 2.35. The molecule has 2 aromatic heterocycles. The highest BCUT2D eigenvalue weighted by Crippen LogP contribution is 2.41. The molecule has 0 unspecified atom stereocenters. The minimum absolute atomic E-state index is 0.215. The Balaban J connectivity index is 1.83. The van der Waals surface area contributed by atoms with Crippen molar-refractivity contribution in [2.24, 2.45) is 11.7 Å². The molecule has 0 saturated heterocycles. The normalized spacial score (nSPS) is 26.2. The van der Waals surface area contributed by atoms with Crippen LogP contribution in [0.4, 0.5) is 0 Å². The highest BCUT2D eigenvalue weighted by molar-refractivity contribution is 7.12. The SMILES string of the molecule is CCC1CCC(N)(c2nc(-c3nc(C)sc3C)cs2)CC1. The van der Waals surface area contributed by atoms with Gasteiger partial charge in [-0.25, -0.2) is 9.97 Å². The second-order valence-electron chi connectivity index (χ2n) is 6.18. The van der Waals surface area contributed by atoms with Crippen molar-refractivity contribution >= 4 is 22.7 Å². The third-order valence-corrected chi connectivity index (χ3v) is 6.60. The molecule has 0 radical (unpaired) electrons. The van der Waals surface area contributed by atoms with Crippen molar-refractivity contribution < 1.29 is 0 Å². The summed E-state index contributed by atoms with van der Waals surface area (Å²) in [4.78, 5) is 10.7. The predicted molar refractivity (Wildman–Crippen MR) is 90.8 cm³/mol. The van der Waals surface area contributed by atoms with Crippen LogP contribution in [0.5, 0.6) is 0 Å². The number of thiazole rings is 2. The largest absolute Gasteiger partial charge is 0.319 e. The molecule has 114 valence electrons. The first-order valence-electron chi connectivity index (χ1n) is 7.71. The molecule has 2 N–H and O–H groups in total. The van der Waals surface area contributed by atoms with Gasteiger partial charge in [0.15, 0.2) is 0 Å². The molecule has 21 heavy (non-hydrogen) atoms. The van der Waals surface area contributed by atoms with E-state index in [-0.39, 0.29) is 5.54 Å².